The SMILES string of the molecule is CC(C)(COP(=O)(O)OP(=O)(O)OC[C@H]1O[C@@H](n2cnc3c(N)ncnc32)[C@H](O)[C@@H]1OP(=O)(O)O)C(O)C(=O)NCCC(=O)NCCSC(=O)CC(=O)CC(=O)CC(=O)/C=C/c1ccc(O)cc1. The number of nitrogens with zero attached hydrogens (tertiary/aromatic N) is 4. The number of imidazole rings is 1. The highest BCUT2D eigenvalue weighted by molar-refractivity contribution is 8.13. The maximum atomic E-state index is 12.7. The molecule has 374 valence electrons. The molecule has 3 heterocycles. The standard InChI is InChI=1S/C36H48N7O21P3S/c1-36(2,31(51)34(52)39-10-9-26(48)38-11-12-68-27(49)15-24(47)14-23(46)13-22(45)8-5-20-3-6-21(44)7-4-20)17-61-67(58,59)64-66(56,57)60-16-25-30(63-65(53,54)55)29(50)35(62-25)43-19-42-28-32(37)40-18-41-33(28)43/h3-8,18-19,25,29-31,35,44,50-51H,9-17H2,1-2H3,(H,38,48)(H,39,52)(H,56,57)(H,58,59)(H2,37,40,41)(H2,53,54,55)/b8-5+/t25-,29-,30-,31?,35-/m1/s1. The van der Waals surface area contributed by atoms with E-state index in [2.05, 4.69) is 34.4 Å². The number of nitrogens with one attached hydrogen (secondary N) is 2. The number of nitrogen functional groups attached to an aromatic ring is 1. The summed E-state index contributed by atoms with van der Waals surface area (Å²) >= 11 is 0.718. The summed E-state index contributed by atoms with van der Waals surface area (Å²) in [6.07, 6.45) is -6.43. The number of rotatable bonds is 27. The monoisotopic (exact) mass is 1040 g/mol. The zero-order valence-electron chi connectivity index (χ0n) is 35.8. The molecule has 0 spiro atoms. The van der Waals surface area contributed by atoms with Crippen molar-refractivity contribution in [2.24, 2.45) is 5.41 Å². The van der Waals surface area contributed by atoms with Gasteiger partial charge < -0.3 is 56.0 Å². The van der Waals surface area contributed by atoms with E-state index in [9.17, 15) is 77.4 Å². The van der Waals surface area contributed by atoms with Gasteiger partial charge in [0.25, 0.3) is 0 Å². The van der Waals surface area contributed by atoms with Crippen molar-refractivity contribution in [3.8, 4) is 5.75 Å². The Bertz CT molecular complexity index is 2500. The highest BCUT2D eigenvalue weighted by Crippen LogP contribution is 2.61. The van der Waals surface area contributed by atoms with Crippen molar-refractivity contribution in [3.63, 3.8) is 0 Å². The number of amides is 2. The number of aromatic hydroxyl groups is 1. The number of ether oxygens (including phenoxy) is 1. The van der Waals surface area contributed by atoms with E-state index in [1.54, 1.807) is 12.1 Å². The van der Waals surface area contributed by atoms with Gasteiger partial charge in [-0.15, -0.1) is 0 Å². The number of aliphatic hydroxyl groups is 2. The molecule has 2 amide bonds. The lowest BCUT2D eigenvalue weighted by Crippen LogP contribution is -2.46. The van der Waals surface area contributed by atoms with Crippen LogP contribution in [0.5, 0.6) is 5.75 Å². The molecule has 7 atom stereocenters. The number of phenolic OH excluding ortho intramolecular Hbond substituents is 1. The van der Waals surface area contributed by atoms with Crippen LogP contribution in [0.4, 0.5) is 5.82 Å². The summed E-state index contributed by atoms with van der Waals surface area (Å²) in [5, 5.41) is 35.0. The number of anilines is 1. The van der Waals surface area contributed by atoms with Gasteiger partial charge in [-0.25, -0.2) is 28.6 Å². The van der Waals surface area contributed by atoms with Crippen molar-refractivity contribution < 1.29 is 100.0 Å². The van der Waals surface area contributed by atoms with E-state index in [-0.39, 0.29) is 48.0 Å². The molecular formula is C36H48N7O21P3S. The fourth-order valence-electron chi connectivity index (χ4n) is 5.88. The minimum absolute atomic E-state index is 0.00804. The zero-order valence-corrected chi connectivity index (χ0v) is 39.3. The lowest BCUT2D eigenvalue weighted by molar-refractivity contribution is -0.137. The van der Waals surface area contributed by atoms with Crippen LogP contribution in [0.3, 0.4) is 0 Å². The zero-order chi connectivity index (χ0) is 50.6. The fraction of sp³-hybridized carbons (Fsp3) is 0.472. The Morgan fingerprint density at radius 3 is 2.28 bits per heavy atom. The van der Waals surface area contributed by atoms with Crippen LogP contribution < -0.4 is 16.4 Å². The highest BCUT2D eigenvalue weighted by Gasteiger charge is 2.50. The van der Waals surface area contributed by atoms with E-state index in [1.165, 1.54) is 32.1 Å². The van der Waals surface area contributed by atoms with E-state index in [0.717, 1.165) is 35.1 Å². The number of benzene rings is 1. The second kappa shape index (κ2) is 24.2. The number of allylic oxidation sites excluding steroid dienone is 1. The Labute approximate surface area is 389 Å². The van der Waals surface area contributed by atoms with Crippen LogP contribution in [0.2, 0.25) is 0 Å². The van der Waals surface area contributed by atoms with Crippen molar-refractivity contribution in [1.29, 1.82) is 0 Å². The third-order valence-corrected chi connectivity index (χ3v) is 13.2. The van der Waals surface area contributed by atoms with Crippen LogP contribution in [0, 0.1) is 5.41 Å². The van der Waals surface area contributed by atoms with Gasteiger partial charge in [0.2, 0.25) is 11.8 Å². The molecule has 11 N–H and O–H groups in total. The molecule has 0 aliphatic carbocycles. The lowest BCUT2D eigenvalue weighted by Gasteiger charge is -2.30. The summed E-state index contributed by atoms with van der Waals surface area (Å²) in [6.45, 7) is -0.0391. The minimum atomic E-state index is -5.62. The summed E-state index contributed by atoms with van der Waals surface area (Å²) in [7, 11) is -16.5. The molecule has 1 aliphatic heterocycles. The lowest BCUT2D eigenvalue weighted by atomic mass is 9.87. The number of aliphatic hydroxyl groups excluding tert-OH is 2. The van der Waals surface area contributed by atoms with Gasteiger partial charge in [-0.1, -0.05) is 43.8 Å². The molecule has 3 unspecified atom stereocenters. The van der Waals surface area contributed by atoms with Crippen LogP contribution >= 0.6 is 35.2 Å². The van der Waals surface area contributed by atoms with Gasteiger partial charge >= 0.3 is 23.5 Å². The van der Waals surface area contributed by atoms with Crippen molar-refractivity contribution in [3.05, 3.63) is 48.6 Å². The summed E-state index contributed by atoms with van der Waals surface area (Å²) < 4.78 is 62.2. The first-order valence-corrected chi connectivity index (χ1v) is 25.2. The van der Waals surface area contributed by atoms with Crippen molar-refractivity contribution in [2.75, 3.05) is 37.8 Å². The number of phosphoric acid groups is 3. The van der Waals surface area contributed by atoms with Crippen LogP contribution in [0.1, 0.15) is 51.3 Å². The number of Topliss-reactive ketones (excluding diaryl/α,β-unsaturated/α-hetero) is 2. The first-order valence-electron chi connectivity index (χ1n) is 19.7. The summed E-state index contributed by atoms with van der Waals surface area (Å²) in [4.78, 5) is 124. The molecule has 28 nitrogen and oxygen atoms in total. The molecule has 1 saturated heterocycles. The molecule has 0 bridgehead atoms. The quantitative estimate of drug-likeness (QED) is 0.0207. The number of nitrogens with two attached hydrogens (primary N) is 1. The van der Waals surface area contributed by atoms with Crippen LogP contribution in [-0.2, 0) is 65.1 Å². The maximum absolute atomic E-state index is 12.7. The van der Waals surface area contributed by atoms with E-state index in [1.807, 2.05) is 0 Å². The number of hydrogen-bond acceptors (Lipinski definition) is 22. The minimum Gasteiger partial charge on any atom is -0.508 e. The molecule has 0 radical (unpaired) electrons. The first-order chi connectivity index (χ1) is 31.6. The third-order valence-electron chi connectivity index (χ3n) is 9.23. The predicted molar refractivity (Wildman–Crippen MR) is 233 cm³/mol. The number of aromatic nitrogens is 4. The Kier molecular flexibility index (Phi) is 19.9. The molecule has 32 heteroatoms. The van der Waals surface area contributed by atoms with Crippen molar-refractivity contribution >= 4 is 92.6 Å². The molecule has 2 aromatic heterocycles. The number of thioether (sulfide) groups is 1. The van der Waals surface area contributed by atoms with E-state index in [4.69, 9.17) is 19.5 Å². The first kappa shape index (κ1) is 55.9. The Morgan fingerprint density at radius 1 is 0.941 bits per heavy atom. The molecule has 0 saturated carbocycles. The number of fused-ring (bicyclic) bond motifs is 1. The van der Waals surface area contributed by atoms with Crippen molar-refractivity contribution in [1.82, 2.24) is 30.2 Å². The largest absolute Gasteiger partial charge is 0.508 e. The van der Waals surface area contributed by atoms with Crippen LogP contribution in [0.25, 0.3) is 17.2 Å². The van der Waals surface area contributed by atoms with Gasteiger partial charge in [0, 0.05) is 30.7 Å². The molecular weight excluding hydrogens is 991 g/mol. The van der Waals surface area contributed by atoms with E-state index in [0.29, 0.717) is 5.56 Å². The number of phosphoric ester groups is 3. The molecule has 68 heavy (non-hydrogen) atoms. The number of carbonyl (C=O) groups is 6. The number of carbonyl (C=O) groups excluding carboxylic acids is 6. The topological polar surface area (TPSA) is 435 Å². The number of hydrogen-bond donors (Lipinski definition) is 10. The average Bonchev–Trinajstić information content (AvgIpc) is 3.80. The van der Waals surface area contributed by atoms with Gasteiger partial charge in [0.15, 0.2) is 28.6 Å². The average molecular weight is 1040 g/mol. The van der Waals surface area contributed by atoms with Gasteiger partial charge in [-0.3, -0.25) is 46.9 Å². The van der Waals surface area contributed by atoms with Gasteiger partial charge in [-0.05, 0) is 23.8 Å². The van der Waals surface area contributed by atoms with Gasteiger partial charge in [0.05, 0.1) is 38.8 Å². The third kappa shape index (κ3) is 17.7. The Hall–Kier alpha value is -4.67. The maximum Gasteiger partial charge on any atom is 0.481 e. The number of phenols is 1. The van der Waals surface area contributed by atoms with Crippen molar-refractivity contribution in [2.45, 2.75) is 70.2 Å². The van der Waals surface area contributed by atoms with Crippen LogP contribution in [0.15, 0.2) is 43.0 Å². The van der Waals surface area contributed by atoms with E-state index < -0.39 is 126 Å². The molecule has 1 fully saturated rings. The van der Waals surface area contributed by atoms with E-state index >= 15 is 0 Å². The predicted octanol–water partition coefficient (Wildman–Crippen LogP) is -0.0387. The summed E-state index contributed by atoms with van der Waals surface area (Å²) in [6, 6.07) is 5.94. The van der Waals surface area contributed by atoms with Gasteiger partial charge in [0.1, 0.15) is 53.6 Å². The normalized spacial score (nSPS) is 19.8. The number of ketones is 3. The Balaban J connectivity index is 1.13. The smallest absolute Gasteiger partial charge is 0.481 e. The summed E-state index contributed by atoms with van der Waals surface area (Å²) in [5.74, 6) is -3.52. The van der Waals surface area contributed by atoms with Gasteiger partial charge in [-0.2, -0.15) is 4.31 Å². The fourth-order valence-corrected chi connectivity index (χ4v) is 9.40. The second-order valence-electron chi connectivity index (χ2n) is 15.3. The Morgan fingerprint density at radius 2 is 1.60 bits per heavy atom. The van der Waals surface area contributed by atoms with Crippen LogP contribution in [-0.4, -0.2) is 145 Å². The summed E-state index contributed by atoms with van der Waals surface area (Å²) in [5.41, 5.74) is 4.75. The molecule has 4 rings (SSSR count). The second-order valence-corrected chi connectivity index (χ2v) is 20.7. The molecule has 1 aliphatic rings. The highest BCUT2D eigenvalue weighted by atomic mass is 32.2. The molecule has 3 aromatic rings. The molecule has 1 aromatic carbocycles.